The molecule has 0 fully saturated rings. The van der Waals surface area contributed by atoms with Crippen LogP contribution in [0, 0.1) is 0 Å². The number of hydrogen-bond acceptors (Lipinski definition) is 3. The van der Waals surface area contributed by atoms with E-state index in [1.807, 2.05) is 37.6 Å². The quantitative estimate of drug-likeness (QED) is 0.833. The molecule has 5 heteroatoms. The molecule has 0 spiro atoms. The van der Waals surface area contributed by atoms with E-state index in [2.05, 4.69) is 5.10 Å². The highest BCUT2D eigenvalue weighted by atomic mass is 32.1. The van der Waals surface area contributed by atoms with Crippen molar-refractivity contribution in [1.82, 2.24) is 14.7 Å². The number of likely N-dealkylation sites (N-methyl/N-ethyl adjacent to an activating group) is 1. The van der Waals surface area contributed by atoms with Gasteiger partial charge >= 0.3 is 0 Å². The Bertz CT molecular complexity index is 464. The van der Waals surface area contributed by atoms with Crippen LogP contribution in [0.5, 0.6) is 0 Å². The van der Waals surface area contributed by atoms with Gasteiger partial charge < -0.3 is 4.90 Å². The zero-order valence-electron chi connectivity index (χ0n) is 9.91. The maximum Gasteiger partial charge on any atom is 0.244 e. The van der Waals surface area contributed by atoms with Crippen LogP contribution in [0.3, 0.4) is 0 Å². The molecule has 0 saturated carbocycles. The average molecular weight is 249 g/mol. The summed E-state index contributed by atoms with van der Waals surface area (Å²) in [5.41, 5.74) is 0. The van der Waals surface area contributed by atoms with Crippen molar-refractivity contribution < 1.29 is 4.79 Å². The number of carbonyl (C=O) groups is 1. The number of rotatable bonds is 4. The first kappa shape index (κ1) is 11.9. The summed E-state index contributed by atoms with van der Waals surface area (Å²) < 4.78 is 1.64. The fraction of sp³-hybridized carbons (Fsp3) is 0.333. The Morgan fingerprint density at radius 3 is 3.00 bits per heavy atom. The lowest BCUT2D eigenvalue weighted by atomic mass is 10.2. The van der Waals surface area contributed by atoms with Gasteiger partial charge in [-0.1, -0.05) is 6.07 Å². The maximum absolute atomic E-state index is 12.0. The zero-order chi connectivity index (χ0) is 12.3. The molecule has 0 aromatic carbocycles. The zero-order valence-corrected chi connectivity index (χ0v) is 10.7. The van der Waals surface area contributed by atoms with Crippen molar-refractivity contribution in [1.29, 1.82) is 0 Å². The Labute approximate surface area is 104 Å². The third kappa shape index (κ3) is 2.74. The van der Waals surface area contributed by atoms with Gasteiger partial charge in [-0.15, -0.1) is 11.3 Å². The number of amides is 1. The standard InChI is InChI=1S/C12H15N3OS/c1-10(11-5-3-8-17-11)14(2)12(16)9-15-7-4-6-13-15/h3-8,10H,9H2,1-2H3. The minimum Gasteiger partial charge on any atom is -0.337 e. The molecule has 90 valence electrons. The summed E-state index contributed by atoms with van der Waals surface area (Å²) in [7, 11) is 1.83. The van der Waals surface area contributed by atoms with Crippen molar-refractivity contribution >= 4 is 17.2 Å². The van der Waals surface area contributed by atoms with Gasteiger partial charge in [0.15, 0.2) is 0 Å². The summed E-state index contributed by atoms with van der Waals surface area (Å²) >= 11 is 1.67. The van der Waals surface area contributed by atoms with Gasteiger partial charge in [-0.25, -0.2) is 0 Å². The van der Waals surface area contributed by atoms with Crippen molar-refractivity contribution in [3.63, 3.8) is 0 Å². The topological polar surface area (TPSA) is 38.1 Å². The first-order valence-corrected chi connectivity index (χ1v) is 6.33. The molecule has 0 aliphatic rings. The normalized spacial score (nSPS) is 12.4. The Balaban J connectivity index is 2.00. The van der Waals surface area contributed by atoms with Crippen molar-refractivity contribution in [2.24, 2.45) is 0 Å². The predicted molar refractivity (Wildman–Crippen MR) is 67.7 cm³/mol. The number of nitrogens with zero attached hydrogens (tertiary/aromatic N) is 3. The van der Waals surface area contributed by atoms with Crippen LogP contribution in [0.1, 0.15) is 17.8 Å². The second-order valence-electron chi connectivity index (χ2n) is 3.90. The molecule has 4 nitrogen and oxygen atoms in total. The second-order valence-corrected chi connectivity index (χ2v) is 4.88. The van der Waals surface area contributed by atoms with Gasteiger partial charge in [0.25, 0.3) is 0 Å². The van der Waals surface area contributed by atoms with Crippen molar-refractivity contribution in [3.05, 3.63) is 40.8 Å². The molecule has 0 bridgehead atoms. The highest BCUT2D eigenvalue weighted by Gasteiger charge is 2.18. The molecule has 17 heavy (non-hydrogen) atoms. The first-order chi connectivity index (χ1) is 8.18. The second kappa shape index (κ2) is 5.14. The lowest BCUT2D eigenvalue weighted by Crippen LogP contribution is -2.32. The predicted octanol–water partition coefficient (Wildman–Crippen LogP) is 2.16. The highest BCUT2D eigenvalue weighted by molar-refractivity contribution is 7.10. The molecule has 2 rings (SSSR count). The molecule has 0 saturated heterocycles. The molecule has 0 radical (unpaired) electrons. The average Bonchev–Trinajstić information content (AvgIpc) is 2.99. The van der Waals surface area contributed by atoms with Crippen LogP contribution in [-0.4, -0.2) is 27.6 Å². The summed E-state index contributed by atoms with van der Waals surface area (Å²) in [6, 6.07) is 5.98. The summed E-state index contributed by atoms with van der Waals surface area (Å²) in [4.78, 5) is 15.0. The maximum atomic E-state index is 12.0. The van der Waals surface area contributed by atoms with Gasteiger partial charge in [-0.05, 0) is 24.4 Å². The minimum atomic E-state index is 0.0644. The van der Waals surface area contributed by atoms with E-state index in [1.54, 1.807) is 33.3 Å². The molecule has 2 aromatic heterocycles. The Morgan fingerprint density at radius 1 is 1.59 bits per heavy atom. The Morgan fingerprint density at radius 2 is 2.41 bits per heavy atom. The third-order valence-corrected chi connectivity index (χ3v) is 3.83. The highest BCUT2D eigenvalue weighted by Crippen LogP contribution is 2.23. The van der Waals surface area contributed by atoms with Gasteiger partial charge in [0.2, 0.25) is 5.91 Å². The lowest BCUT2D eigenvalue weighted by molar-refractivity contribution is -0.132. The summed E-state index contributed by atoms with van der Waals surface area (Å²) in [6.45, 7) is 2.33. The van der Waals surface area contributed by atoms with E-state index in [4.69, 9.17) is 0 Å². The van der Waals surface area contributed by atoms with Crippen LogP contribution >= 0.6 is 11.3 Å². The van der Waals surface area contributed by atoms with E-state index >= 15 is 0 Å². The molecular formula is C12H15N3OS. The van der Waals surface area contributed by atoms with Gasteiger partial charge in [0.1, 0.15) is 6.54 Å². The van der Waals surface area contributed by atoms with Gasteiger partial charge in [-0.2, -0.15) is 5.10 Å². The van der Waals surface area contributed by atoms with E-state index < -0.39 is 0 Å². The first-order valence-electron chi connectivity index (χ1n) is 5.45. The van der Waals surface area contributed by atoms with Crippen molar-refractivity contribution in [3.8, 4) is 0 Å². The lowest BCUT2D eigenvalue weighted by Gasteiger charge is -2.24. The minimum absolute atomic E-state index is 0.0644. The van der Waals surface area contributed by atoms with Crippen LogP contribution in [0.25, 0.3) is 0 Å². The molecule has 1 amide bonds. The van der Waals surface area contributed by atoms with Gasteiger partial charge in [0.05, 0.1) is 6.04 Å². The van der Waals surface area contributed by atoms with E-state index in [9.17, 15) is 4.79 Å². The van der Waals surface area contributed by atoms with E-state index in [1.165, 1.54) is 4.88 Å². The SMILES string of the molecule is CC(c1cccs1)N(C)C(=O)Cn1cccn1. The van der Waals surface area contributed by atoms with E-state index in [0.717, 1.165) is 0 Å². The molecule has 1 atom stereocenters. The summed E-state index contributed by atoms with van der Waals surface area (Å²) in [5.74, 6) is 0.0644. The largest absolute Gasteiger partial charge is 0.337 e. The Hall–Kier alpha value is -1.62. The molecule has 2 aromatic rings. The fourth-order valence-electron chi connectivity index (χ4n) is 1.58. The van der Waals surface area contributed by atoms with Gasteiger partial charge in [-0.3, -0.25) is 9.48 Å². The molecular weight excluding hydrogens is 234 g/mol. The van der Waals surface area contributed by atoms with Gasteiger partial charge in [0, 0.05) is 24.3 Å². The smallest absolute Gasteiger partial charge is 0.244 e. The van der Waals surface area contributed by atoms with Crippen molar-refractivity contribution in [2.75, 3.05) is 7.05 Å². The number of hydrogen-bond donors (Lipinski definition) is 0. The van der Waals surface area contributed by atoms with Crippen LogP contribution < -0.4 is 0 Å². The van der Waals surface area contributed by atoms with Crippen molar-refractivity contribution in [2.45, 2.75) is 19.5 Å². The number of aromatic nitrogens is 2. The number of thiophene rings is 1. The molecule has 1 unspecified atom stereocenters. The van der Waals surface area contributed by atoms with Crippen LogP contribution in [-0.2, 0) is 11.3 Å². The third-order valence-electron chi connectivity index (χ3n) is 2.79. The van der Waals surface area contributed by atoms with E-state index in [0.29, 0.717) is 6.54 Å². The molecule has 2 heterocycles. The summed E-state index contributed by atoms with van der Waals surface area (Å²) in [5, 5.41) is 6.06. The molecule has 0 N–H and O–H groups in total. The monoisotopic (exact) mass is 249 g/mol. The number of carbonyl (C=O) groups excluding carboxylic acids is 1. The van der Waals surface area contributed by atoms with Crippen LogP contribution in [0.2, 0.25) is 0 Å². The fourth-order valence-corrected chi connectivity index (χ4v) is 2.41. The Kier molecular flexibility index (Phi) is 3.58. The summed E-state index contributed by atoms with van der Waals surface area (Å²) in [6.07, 6.45) is 3.47. The molecule has 0 aliphatic heterocycles. The molecule has 0 aliphatic carbocycles. The van der Waals surface area contributed by atoms with Crippen LogP contribution in [0.4, 0.5) is 0 Å². The van der Waals surface area contributed by atoms with E-state index in [-0.39, 0.29) is 11.9 Å². The van der Waals surface area contributed by atoms with Crippen LogP contribution in [0.15, 0.2) is 36.0 Å².